The summed E-state index contributed by atoms with van der Waals surface area (Å²) in [5.41, 5.74) is 1.56. The molecule has 2 aromatic heterocycles. The van der Waals surface area contributed by atoms with Crippen molar-refractivity contribution in [3.63, 3.8) is 0 Å². The summed E-state index contributed by atoms with van der Waals surface area (Å²) in [6.07, 6.45) is 5.31. The number of carboxylic acids is 1. The van der Waals surface area contributed by atoms with Crippen LogP contribution in [0.15, 0.2) is 30.6 Å². The zero-order valence-corrected chi connectivity index (χ0v) is 13.1. The summed E-state index contributed by atoms with van der Waals surface area (Å²) in [5, 5.41) is 13.1. The van der Waals surface area contributed by atoms with Crippen LogP contribution in [0.5, 0.6) is 0 Å². The van der Waals surface area contributed by atoms with Gasteiger partial charge in [0.2, 0.25) is 0 Å². The van der Waals surface area contributed by atoms with E-state index in [1.54, 1.807) is 6.20 Å². The number of nitrogens with zero attached hydrogens (tertiary/aromatic N) is 4. The van der Waals surface area contributed by atoms with Crippen LogP contribution in [0.4, 0.5) is 0 Å². The van der Waals surface area contributed by atoms with Crippen molar-refractivity contribution in [1.82, 2.24) is 19.2 Å². The lowest BCUT2D eigenvalue weighted by atomic mass is 9.94. The molecule has 1 amide bonds. The molecule has 0 saturated carbocycles. The summed E-state index contributed by atoms with van der Waals surface area (Å²) in [4.78, 5) is 25.4. The molecule has 1 N–H and O–H groups in total. The molecule has 1 aliphatic heterocycles. The van der Waals surface area contributed by atoms with Gasteiger partial charge in [0.15, 0.2) is 0 Å². The van der Waals surface area contributed by atoms with Gasteiger partial charge in [-0.3, -0.25) is 14.3 Å². The maximum atomic E-state index is 12.6. The summed E-state index contributed by atoms with van der Waals surface area (Å²) in [7, 11) is 1.86. The topological polar surface area (TPSA) is 80.4 Å². The Morgan fingerprint density at radius 1 is 1.39 bits per heavy atom. The van der Waals surface area contributed by atoms with Crippen LogP contribution in [0.1, 0.15) is 34.9 Å². The minimum absolute atomic E-state index is 0.0199. The zero-order valence-electron chi connectivity index (χ0n) is 13.1. The molecule has 3 rings (SSSR count). The van der Waals surface area contributed by atoms with Crippen LogP contribution in [0, 0.1) is 0 Å². The third kappa shape index (κ3) is 3.13. The highest BCUT2D eigenvalue weighted by Gasteiger charge is 2.28. The molecule has 1 saturated heterocycles. The molecule has 2 aromatic rings. The lowest BCUT2D eigenvalue weighted by Crippen LogP contribution is -2.40. The number of aryl methyl sites for hydroxylation is 1. The smallest absolute Gasteiger partial charge is 0.325 e. The number of aromatic nitrogens is 3. The molecule has 1 aliphatic rings. The van der Waals surface area contributed by atoms with Crippen molar-refractivity contribution < 1.29 is 14.7 Å². The Bertz CT molecular complexity index is 718. The maximum absolute atomic E-state index is 12.6. The SMILES string of the molecule is Cn1cccc1C(=O)N1CCCC(c2ccnn2CC(=O)O)C1. The van der Waals surface area contributed by atoms with Crippen LogP contribution in [0.25, 0.3) is 0 Å². The first-order valence-corrected chi connectivity index (χ1v) is 7.70. The highest BCUT2D eigenvalue weighted by Crippen LogP contribution is 2.27. The standard InChI is InChI=1S/C16H20N4O3/c1-18-8-3-5-14(18)16(23)19-9-2-4-12(10-19)13-6-7-17-20(13)11-15(21)22/h3,5-8,12H,2,4,9-11H2,1H3,(H,21,22). The fraction of sp³-hybridized carbons (Fsp3) is 0.438. The Morgan fingerprint density at radius 3 is 2.91 bits per heavy atom. The van der Waals surface area contributed by atoms with Gasteiger partial charge < -0.3 is 14.6 Å². The van der Waals surface area contributed by atoms with E-state index in [-0.39, 0.29) is 18.4 Å². The number of amides is 1. The Hall–Kier alpha value is -2.57. The van der Waals surface area contributed by atoms with Crippen LogP contribution < -0.4 is 0 Å². The number of hydrogen-bond donors (Lipinski definition) is 1. The highest BCUT2D eigenvalue weighted by atomic mass is 16.4. The molecule has 0 aromatic carbocycles. The van der Waals surface area contributed by atoms with Crippen LogP contribution in [-0.2, 0) is 18.4 Å². The number of aliphatic carboxylic acids is 1. The van der Waals surface area contributed by atoms with Gasteiger partial charge in [0, 0.05) is 44.1 Å². The van der Waals surface area contributed by atoms with Crippen molar-refractivity contribution >= 4 is 11.9 Å². The second-order valence-corrected chi connectivity index (χ2v) is 5.90. The van der Waals surface area contributed by atoms with Gasteiger partial charge in [-0.05, 0) is 31.0 Å². The number of carbonyl (C=O) groups is 2. The van der Waals surface area contributed by atoms with Crippen molar-refractivity contribution in [2.75, 3.05) is 13.1 Å². The summed E-state index contributed by atoms with van der Waals surface area (Å²) < 4.78 is 3.34. The summed E-state index contributed by atoms with van der Waals surface area (Å²) >= 11 is 0. The molecule has 0 bridgehead atoms. The number of hydrogen-bond acceptors (Lipinski definition) is 3. The van der Waals surface area contributed by atoms with E-state index in [1.165, 1.54) is 4.68 Å². The van der Waals surface area contributed by atoms with Crippen LogP contribution in [0.3, 0.4) is 0 Å². The highest BCUT2D eigenvalue weighted by molar-refractivity contribution is 5.92. The molecule has 122 valence electrons. The van der Waals surface area contributed by atoms with Crippen molar-refractivity contribution in [2.24, 2.45) is 7.05 Å². The van der Waals surface area contributed by atoms with Gasteiger partial charge >= 0.3 is 5.97 Å². The molecule has 0 aliphatic carbocycles. The molecule has 1 atom stereocenters. The van der Waals surface area contributed by atoms with Crippen LogP contribution in [-0.4, -0.2) is 49.3 Å². The van der Waals surface area contributed by atoms with Crippen molar-refractivity contribution in [3.05, 3.63) is 42.0 Å². The van der Waals surface area contributed by atoms with E-state index in [0.717, 1.165) is 25.1 Å². The minimum Gasteiger partial charge on any atom is -0.480 e. The molecule has 0 radical (unpaired) electrons. The first-order chi connectivity index (χ1) is 11.1. The zero-order chi connectivity index (χ0) is 16.4. The molecular weight excluding hydrogens is 296 g/mol. The molecular formula is C16H20N4O3. The number of likely N-dealkylation sites (tertiary alicyclic amines) is 1. The van der Waals surface area contributed by atoms with E-state index < -0.39 is 5.97 Å². The Labute approximate surface area is 134 Å². The monoisotopic (exact) mass is 316 g/mol. The Kier molecular flexibility index (Phi) is 4.18. The third-order valence-corrected chi connectivity index (χ3v) is 4.32. The maximum Gasteiger partial charge on any atom is 0.325 e. The van der Waals surface area contributed by atoms with Gasteiger partial charge in [0.1, 0.15) is 12.2 Å². The average molecular weight is 316 g/mol. The first-order valence-electron chi connectivity index (χ1n) is 7.70. The second-order valence-electron chi connectivity index (χ2n) is 5.90. The van der Waals surface area contributed by atoms with Crippen molar-refractivity contribution in [3.8, 4) is 0 Å². The summed E-state index contributed by atoms with van der Waals surface area (Å²) in [5.74, 6) is -0.774. The van der Waals surface area contributed by atoms with E-state index in [4.69, 9.17) is 5.11 Å². The van der Waals surface area contributed by atoms with Gasteiger partial charge in [-0.25, -0.2) is 0 Å². The number of rotatable bonds is 4. The molecule has 1 fully saturated rings. The van der Waals surface area contributed by atoms with Crippen LogP contribution >= 0.6 is 0 Å². The van der Waals surface area contributed by atoms with Gasteiger partial charge in [0.25, 0.3) is 5.91 Å². The summed E-state index contributed by atoms with van der Waals surface area (Å²) in [6.45, 7) is 1.17. The largest absolute Gasteiger partial charge is 0.480 e. The second kappa shape index (κ2) is 6.28. The molecule has 7 nitrogen and oxygen atoms in total. The average Bonchev–Trinajstić information content (AvgIpc) is 3.15. The first kappa shape index (κ1) is 15.3. The number of carbonyl (C=O) groups excluding carboxylic acids is 1. The molecule has 0 spiro atoms. The molecule has 1 unspecified atom stereocenters. The van der Waals surface area contributed by atoms with Gasteiger partial charge in [-0.2, -0.15) is 5.10 Å². The lowest BCUT2D eigenvalue weighted by molar-refractivity contribution is -0.137. The van der Waals surface area contributed by atoms with Crippen molar-refractivity contribution in [2.45, 2.75) is 25.3 Å². The van der Waals surface area contributed by atoms with E-state index >= 15 is 0 Å². The minimum atomic E-state index is -0.914. The van der Waals surface area contributed by atoms with E-state index in [1.807, 2.05) is 40.9 Å². The number of carboxylic acid groups (broad SMARTS) is 1. The van der Waals surface area contributed by atoms with Gasteiger partial charge in [-0.1, -0.05) is 0 Å². The van der Waals surface area contributed by atoms with Gasteiger partial charge in [0.05, 0.1) is 0 Å². The van der Waals surface area contributed by atoms with E-state index in [9.17, 15) is 9.59 Å². The third-order valence-electron chi connectivity index (χ3n) is 4.32. The fourth-order valence-electron chi connectivity index (χ4n) is 3.20. The normalized spacial score (nSPS) is 18.1. The Morgan fingerprint density at radius 2 is 2.22 bits per heavy atom. The Balaban J connectivity index is 1.76. The van der Waals surface area contributed by atoms with E-state index in [0.29, 0.717) is 12.2 Å². The number of piperidine rings is 1. The van der Waals surface area contributed by atoms with E-state index in [2.05, 4.69) is 5.10 Å². The molecule has 3 heterocycles. The molecule has 23 heavy (non-hydrogen) atoms. The van der Waals surface area contributed by atoms with Gasteiger partial charge in [-0.15, -0.1) is 0 Å². The lowest BCUT2D eigenvalue weighted by Gasteiger charge is -2.33. The summed E-state index contributed by atoms with van der Waals surface area (Å²) in [6, 6.07) is 5.53. The predicted molar refractivity (Wildman–Crippen MR) is 83.2 cm³/mol. The quantitative estimate of drug-likeness (QED) is 0.922. The predicted octanol–water partition coefficient (Wildman–Crippen LogP) is 1.33. The van der Waals surface area contributed by atoms with Crippen molar-refractivity contribution in [1.29, 1.82) is 0 Å². The fourth-order valence-corrected chi connectivity index (χ4v) is 3.20. The molecule has 7 heteroatoms. The van der Waals surface area contributed by atoms with Crippen LogP contribution in [0.2, 0.25) is 0 Å².